The maximum atomic E-state index is 13.7. The average Bonchev–Trinajstić information content (AvgIpc) is 3.18. The van der Waals surface area contributed by atoms with Gasteiger partial charge in [-0.15, -0.1) is 12.4 Å². The molecule has 2 aliphatic heterocycles. The molecule has 39 heavy (non-hydrogen) atoms. The number of para-hydroxylation sites is 1. The van der Waals surface area contributed by atoms with Crippen molar-refractivity contribution >= 4 is 50.7 Å². The van der Waals surface area contributed by atoms with Gasteiger partial charge in [0.2, 0.25) is 21.8 Å². The van der Waals surface area contributed by atoms with E-state index in [0.29, 0.717) is 38.2 Å². The quantitative estimate of drug-likeness (QED) is 0.479. The summed E-state index contributed by atoms with van der Waals surface area (Å²) in [7, 11) is -4.84. The highest BCUT2D eigenvalue weighted by atomic mass is 35.5. The molecule has 0 saturated carbocycles. The Morgan fingerprint density at radius 2 is 1.67 bits per heavy atom. The number of nitrogens with one attached hydrogen (secondary N) is 1. The second-order valence-electron chi connectivity index (χ2n) is 10.9. The molecule has 9 nitrogen and oxygen atoms in total. The van der Waals surface area contributed by atoms with Gasteiger partial charge in [-0.2, -0.15) is 0 Å². The number of hydrogen-bond donors (Lipinski definition) is 2. The number of anilines is 1. The van der Waals surface area contributed by atoms with Crippen molar-refractivity contribution in [3.63, 3.8) is 0 Å². The number of nitrogens with two attached hydrogens (primary N) is 1. The van der Waals surface area contributed by atoms with Gasteiger partial charge in [-0.05, 0) is 43.9 Å². The van der Waals surface area contributed by atoms with E-state index in [-0.39, 0.29) is 35.2 Å². The van der Waals surface area contributed by atoms with E-state index in [9.17, 15) is 22.2 Å². The number of fused-ring (bicyclic) bond motifs is 2. The van der Waals surface area contributed by atoms with Gasteiger partial charge in [0.15, 0.2) is 0 Å². The summed E-state index contributed by atoms with van der Waals surface area (Å²) in [6.07, 6.45) is 2.37. The molecule has 4 rings (SSSR count). The predicted octanol–water partition coefficient (Wildman–Crippen LogP) is 1.92. The van der Waals surface area contributed by atoms with Crippen LogP contribution in [0.25, 0.3) is 0 Å². The van der Waals surface area contributed by atoms with Crippen LogP contribution in [0, 0.1) is 0 Å². The zero-order valence-corrected chi connectivity index (χ0v) is 24.9. The van der Waals surface area contributed by atoms with Gasteiger partial charge in [0, 0.05) is 41.6 Å². The molecule has 2 unspecified atom stereocenters. The third kappa shape index (κ3) is 7.00. The van der Waals surface area contributed by atoms with Crippen molar-refractivity contribution in [3.05, 3.63) is 65.7 Å². The van der Waals surface area contributed by atoms with Crippen molar-refractivity contribution in [2.75, 3.05) is 35.9 Å². The van der Waals surface area contributed by atoms with E-state index in [1.54, 1.807) is 18.7 Å². The van der Waals surface area contributed by atoms with E-state index in [1.807, 2.05) is 54.6 Å². The standard InChI is InChI=1S/C27H36N4O5S2.ClH/c1-26(2,28)25(33)29-22(18-37(34)17-20-9-5-4-6-10-20)24(32)30-15-13-27(14-16-30)19-31(38(3,35)36)23-12-8-7-11-21(23)27;/h4-12,22H,13-19,28H2,1-3H3,(H,29,33);1H. The Morgan fingerprint density at radius 3 is 2.26 bits per heavy atom. The second kappa shape index (κ2) is 12.0. The van der Waals surface area contributed by atoms with Crippen LogP contribution in [0.1, 0.15) is 37.8 Å². The largest absolute Gasteiger partial charge is 0.342 e. The summed E-state index contributed by atoms with van der Waals surface area (Å²) in [5, 5.41) is 2.74. The van der Waals surface area contributed by atoms with Crippen molar-refractivity contribution in [3.8, 4) is 0 Å². The fourth-order valence-corrected chi connectivity index (χ4v) is 7.49. The minimum atomic E-state index is -3.44. The number of benzene rings is 2. The summed E-state index contributed by atoms with van der Waals surface area (Å²) in [6.45, 7) is 4.25. The Balaban J connectivity index is 0.00000420. The van der Waals surface area contributed by atoms with Gasteiger partial charge in [-0.3, -0.25) is 18.1 Å². The predicted molar refractivity (Wildman–Crippen MR) is 157 cm³/mol. The monoisotopic (exact) mass is 596 g/mol. The topological polar surface area (TPSA) is 130 Å². The molecule has 12 heteroatoms. The van der Waals surface area contributed by atoms with Crippen LogP contribution in [-0.2, 0) is 41.6 Å². The molecular formula is C27H37ClN4O5S2. The molecule has 2 aliphatic rings. The lowest BCUT2D eigenvalue weighted by Crippen LogP contribution is -2.59. The first kappa shape index (κ1) is 31.1. The number of carbonyl (C=O) groups excluding carboxylic acids is 2. The first-order chi connectivity index (χ1) is 17.8. The van der Waals surface area contributed by atoms with Gasteiger partial charge in [0.05, 0.1) is 23.2 Å². The Labute approximate surface area is 239 Å². The lowest BCUT2D eigenvalue weighted by atomic mass is 9.74. The molecule has 2 amide bonds. The van der Waals surface area contributed by atoms with Crippen molar-refractivity contribution in [2.45, 2.75) is 49.4 Å². The molecule has 1 spiro atoms. The Hall–Kier alpha value is -2.47. The van der Waals surface area contributed by atoms with Gasteiger partial charge >= 0.3 is 0 Å². The van der Waals surface area contributed by atoms with E-state index in [2.05, 4.69) is 5.32 Å². The smallest absolute Gasteiger partial charge is 0.246 e. The molecule has 2 heterocycles. The van der Waals surface area contributed by atoms with Gasteiger partial charge in [0.1, 0.15) is 6.04 Å². The number of likely N-dealkylation sites (tertiary alicyclic amines) is 1. The molecule has 0 aromatic heterocycles. The lowest BCUT2D eigenvalue weighted by molar-refractivity contribution is -0.138. The number of carbonyl (C=O) groups is 2. The molecule has 2 aromatic carbocycles. The van der Waals surface area contributed by atoms with E-state index in [1.165, 1.54) is 10.6 Å². The molecule has 1 saturated heterocycles. The number of hydrogen-bond acceptors (Lipinski definition) is 6. The number of nitrogens with zero attached hydrogens (tertiary/aromatic N) is 2. The van der Waals surface area contributed by atoms with Crippen LogP contribution < -0.4 is 15.4 Å². The maximum absolute atomic E-state index is 13.7. The molecule has 0 bridgehead atoms. The highest BCUT2D eigenvalue weighted by Gasteiger charge is 2.48. The number of amides is 2. The van der Waals surface area contributed by atoms with Gasteiger partial charge in [0.25, 0.3) is 0 Å². The van der Waals surface area contributed by atoms with Gasteiger partial charge < -0.3 is 16.0 Å². The summed E-state index contributed by atoms with van der Waals surface area (Å²) in [6, 6.07) is 15.9. The summed E-state index contributed by atoms with van der Waals surface area (Å²) in [5.74, 6) is -0.546. The Kier molecular flexibility index (Phi) is 9.52. The number of piperidine rings is 1. The van der Waals surface area contributed by atoms with Crippen LogP contribution in [0.4, 0.5) is 5.69 Å². The van der Waals surface area contributed by atoms with Crippen molar-refractivity contribution in [2.24, 2.45) is 5.73 Å². The zero-order valence-electron chi connectivity index (χ0n) is 22.5. The third-order valence-electron chi connectivity index (χ3n) is 7.33. The lowest BCUT2D eigenvalue weighted by Gasteiger charge is -2.41. The summed E-state index contributed by atoms with van der Waals surface area (Å²) < 4.78 is 39.4. The zero-order chi connectivity index (χ0) is 27.7. The minimum absolute atomic E-state index is 0. The van der Waals surface area contributed by atoms with Gasteiger partial charge in [-0.1, -0.05) is 48.5 Å². The Bertz CT molecular complexity index is 1320. The van der Waals surface area contributed by atoms with Crippen LogP contribution in [0.3, 0.4) is 0 Å². The average molecular weight is 597 g/mol. The highest BCUT2D eigenvalue weighted by molar-refractivity contribution is 7.92. The SMILES string of the molecule is CC(C)(N)C(=O)NC(CS(=O)Cc1ccccc1)C(=O)N1CCC2(CC1)CN(S(C)(=O)=O)c1ccccc12.Cl. The molecule has 1 fully saturated rings. The highest BCUT2D eigenvalue weighted by Crippen LogP contribution is 2.47. The van der Waals surface area contributed by atoms with E-state index in [4.69, 9.17) is 5.73 Å². The van der Waals surface area contributed by atoms with Crippen LogP contribution >= 0.6 is 12.4 Å². The van der Waals surface area contributed by atoms with Crippen LogP contribution in [0.2, 0.25) is 0 Å². The molecule has 0 radical (unpaired) electrons. The van der Waals surface area contributed by atoms with Crippen molar-refractivity contribution < 1.29 is 22.2 Å². The minimum Gasteiger partial charge on any atom is -0.342 e. The molecule has 2 atom stereocenters. The summed E-state index contributed by atoms with van der Waals surface area (Å²) >= 11 is 0. The van der Waals surface area contributed by atoms with E-state index >= 15 is 0 Å². The first-order valence-corrected chi connectivity index (χ1v) is 16.0. The molecular weight excluding hydrogens is 560 g/mol. The third-order valence-corrected chi connectivity index (χ3v) is 9.82. The number of halogens is 1. The molecule has 3 N–H and O–H groups in total. The van der Waals surface area contributed by atoms with Crippen molar-refractivity contribution in [1.29, 1.82) is 0 Å². The summed E-state index contributed by atoms with van der Waals surface area (Å²) in [5.41, 5.74) is 6.95. The summed E-state index contributed by atoms with van der Waals surface area (Å²) in [4.78, 5) is 28.0. The van der Waals surface area contributed by atoms with E-state index < -0.39 is 38.3 Å². The van der Waals surface area contributed by atoms with Crippen LogP contribution in [0.15, 0.2) is 54.6 Å². The number of rotatable bonds is 8. The molecule has 0 aliphatic carbocycles. The maximum Gasteiger partial charge on any atom is 0.246 e. The van der Waals surface area contributed by atoms with Crippen LogP contribution in [-0.4, -0.2) is 72.6 Å². The van der Waals surface area contributed by atoms with Gasteiger partial charge in [-0.25, -0.2) is 8.42 Å². The van der Waals surface area contributed by atoms with E-state index in [0.717, 1.165) is 11.1 Å². The Morgan fingerprint density at radius 1 is 1.08 bits per heavy atom. The van der Waals surface area contributed by atoms with Crippen LogP contribution in [0.5, 0.6) is 0 Å². The fraction of sp³-hybridized carbons (Fsp3) is 0.481. The second-order valence-corrected chi connectivity index (χ2v) is 14.3. The number of sulfonamides is 1. The van der Waals surface area contributed by atoms with Crippen molar-refractivity contribution in [1.82, 2.24) is 10.2 Å². The normalized spacial score (nSPS) is 18.2. The molecule has 214 valence electrons. The fourth-order valence-electron chi connectivity index (χ4n) is 5.21. The molecule has 2 aromatic rings. The first-order valence-electron chi connectivity index (χ1n) is 12.6.